The number of hydrogen-bond donors (Lipinski definition) is 1. The molecule has 3 atom stereocenters. The van der Waals surface area contributed by atoms with Crippen LogP contribution in [0.5, 0.6) is 0 Å². The summed E-state index contributed by atoms with van der Waals surface area (Å²) in [4.78, 5) is 20.1. The minimum absolute atomic E-state index is 0.0634. The molecule has 1 saturated carbocycles. The molecule has 0 spiro atoms. The Balaban J connectivity index is 1.18. The molecule has 1 aromatic heterocycles. The van der Waals surface area contributed by atoms with Gasteiger partial charge in [0.05, 0.1) is 30.3 Å². The summed E-state index contributed by atoms with van der Waals surface area (Å²) in [6, 6.07) is 20.2. The van der Waals surface area contributed by atoms with Gasteiger partial charge in [0.2, 0.25) is 5.91 Å². The number of nitrogens with zero attached hydrogens (tertiary/aromatic N) is 3. The molecule has 2 unspecified atom stereocenters. The van der Waals surface area contributed by atoms with Crippen molar-refractivity contribution in [2.75, 3.05) is 19.8 Å². The van der Waals surface area contributed by atoms with Crippen LogP contribution in [0.15, 0.2) is 54.6 Å². The Labute approximate surface area is 201 Å². The van der Waals surface area contributed by atoms with Crippen LogP contribution in [-0.4, -0.2) is 52.2 Å². The van der Waals surface area contributed by atoms with Gasteiger partial charge >= 0.3 is 0 Å². The standard InChI is InChI=1S/C28H34N4O2/c1-19-29-26-9-5-6-10-27(26)32(19)22-15-23-17-34-18-24(16-22)31(23)14-13-25(20-7-3-2-4-8-20)30-28(33)21-11-12-21/h2-10,21-25H,11-18H2,1H3,(H,30,33)/t22?,23?,24?,25-/m1/s1. The lowest BCUT2D eigenvalue weighted by Crippen LogP contribution is -2.57. The van der Waals surface area contributed by atoms with E-state index < -0.39 is 0 Å². The van der Waals surface area contributed by atoms with Gasteiger partial charge in [0.15, 0.2) is 0 Å². The summed E-state index contributed by atoms with van der Waals surface area (Å²) < 4.78 is 8.47. The Morgan fingerprint density at radius 3 is 2.47 bits per heavy atom. The largest absolute Gasteiger partial charge is 0.378 e. The first-order valence-electron chi connectivity index (χ1n) is 12.8. The van der Waals surface area contributed by atoms with Crippen molar-refractivity contribution < 1.29 is 9.53 Å². The quantitative estimate of drug-likeness (QED) is 0.570. The highest BCUT2D eigenvalue weighted by atomic mass is 16.5. The fourth-order valence-electron chi connectivity index (χ4n) is 6.08. The zero-order chi connectivity index (χ0) is 23.1. The van der Waals surface area contributed by atoms with Crippen LogP contribution in [0.2, 0.25) is 0 Å². The minimum atomic E-state index is 0.0634. The SMILES string of the molecule is Cc1nc2ccccc2n1C1CC2COCC(C1)N2CC[C@@H](NC(=O)C1CC1)c1ccccc1. The van der Waals surface area contributed by atoms with Crippen molar-refractivity contribution in [3.05, 3.63) is 66.0 Å². The lowest BCUT2D eigenvalue weighted by Gasteiger charge is -2.49. The van der Waals surface area contributed by atoms with Gasteiger partial charge < -0.3 is 14.6 Å². The van der Waals surface area contributed by atoms with Crippen LogP contribution < -0.4 is 5.32 Å². The number of aromatic nitrogens is 2. The third kappa shape index (κ3) is 4.25. The van der Waals surface area contributed by atoms with E-state index in [1.165, 1.54) is 11.1 Å². The molecule has 178 valence electrons. The molecule has 6 heteroatoms. The molecule has 3 heterocycles. The predicted molar refractivity (Wildman–Crippen MR) is 133 cm³/mol. The van der Waals surface area contributed by atoms with Crippen molar-refractivity contribution in [1.29, 1.82) is 0 Å². The van der Waals surface area contributed by atoms with E-state index in [9.17, 15) is 4.79 Å². The highest BCUT2D eigenvalue weighted by Gasteiger charge is 2.40. The molecule has 2 aromatic carbocycles. The van der Waals surface area contributed by atoms with Gasteiger partial charge in [0.1, 0.15) is 5.82 Å². The molecule has 2 bridgehead atoms. The van der Waals surface area contributed by atoms with Gasteiger partial charge in [-0.3, -0.25) is 9.69 Å². The van der Waals surface area contributed by atoms with E-state index in [0.29, 0.717) is 18.1 Å². The molecule has 2 aliphatic heterocycles. The van der Waals surface area contributed by atoms with Gasteiger partial charge in [-0.1, -0.05) is 42.5 Å². The number of carbonyl (C=O) groups excluding carboxylic acids is 1. The molecule has 1 N–H and O–H groups in total. The van der Waals surface area contributed by atoms with Crippen LogP contribution in [0.4, 0.5) is 0 Å². The fraction of sp³-hybridized carbons (Fsp3) is 0.500. The fourth-order valence-corrected chi connectivity index (χ4v) is 6.08. The van der Waals surface area contributed by atoms with Crippen molar-refractivity contribution in [3.8, 4) is 0 Å². The molecule has 1 amide bonds. The molecular formula is C28H34N4O2. The van der Waals surface area contributed by atoms with Gasteiger partial charge in [0.25, 0.3) is 0 Å². The summed E-state index contributed by atoms with van der Waals surface area (Å²) in [7, 11) is 0. The van der Waals surface area contributed by atoms with E-state index in [1.807, 2.05) is 6.07 Å². The number of ether oxygens (including phenoxy) is 1. The summed E-state index contributed by atoms with van der Waals surface area (Å²) in [5, 5.41) is 3.35. The lowest BCUT2D eigenvalue weighted by atomic mass is 9.89. The average Bonchev–Trinajstić information content (AvgIpc) is 3.64. The maximum atomic E-state index is 12.6. The minimum Gasteiger partial charge on any atom is -0.378 e. The van der Waals surface area contributed by atoms with E-state index in [-0.39, 0.29) is 17.9 Å². The van der Waals surface area contributed by atoms with Gasteiger partial charge in [-0.05, 0) is 56.7 Å². The molecule has 3 aliphatic rings. The monoisotopic (exact) mass is 458 g/mol. The number of fused-ring (bicyclic) bond motifs is 3. The number of benzene rings is 2. The molecule has 34 heavy (non-hydrogen) atoms. The van der Waals surface area contributed by atoms with Crippen LogP contribution in [0.25, 0.3) is 11.0 Å². The molecule has 6 rings (SSSR count). The van der Waals surface area contributed by atoms with Crippen LogP contribution in [0, 0.1) is 12.8 Å². The van der Waals surface area contributed by atoms with Crippen LogP contribution >= 0.6 is 0 Å². The van der Waals surface area contributed by atoms with Gasteiger partial charge in [-0.2, -0.15) is 0 Å². The average molecular weight is 459 g/mol. The number of imidazole rings is 1. The smallest absolute Gasteiger partial charge is 0.223 e. The maximum absolute atomic E-state index is 12.6. The van der Waals surface area contributed by atoms with E-state index in [2.05, 4.69) is 70.2 Å². The molecular weight excluding hydrogens is 424 g/mol. The van der Waals surface area contributed by atoms with Crippen molar-refractivity contribution in [1.82, 2.24) is 19.8 Å². The number of carbonyl (C=O) groups is 1. The highest BCUT2D eigenvalue weighted by Crippen LogP contribution is 2.38. The zero-order valence-corrected chi connectivity index (χ0v) is 19.9. The number of para-hydroxylation sites is 2. The topological polar surface area (TPSA) is 59.4 Å². The van der Waals surface area contributed by atoms with Gasteiger partial charge in [-0.25, -0.2) is 4.98 Å². The molecule has 6 nitrogen and oxygen atoms in total. The van der Waals surface area contributed by atoms with Crippen LogP contribution in [0.1, 0.15) is 55.6 Å². The Morgan fingerprint density at radius 2 is 1.74 bits per heavy atom. The van der Waals surface area contributed by atoms with Crippen molar-refractivity contribution >= 4 is 16.9 Å². The normalized spacial score (nSPS) is 25.9. The van der Waals surface area contributed by atoms with Gasteiger partial charge in [0, 0.05) is 30.6 Å². The first kappa shape index (κ1) is 21.8. The zero-order valence-electron chi connectivity index (χ0n) is 19.9. The molecule has 3 fully saturated rings. The Bertz CT molecular complexity index is 1140. The van der Waals surface area contributed by atoms with E-state index >= 15 is 0 Å². The Morgan fingerprint density at radius 1 is 1.03 bits per heavy atom. The Hall–Kier alpha value is -2.70. The third-order valence-electron chi connectivity index (χ3n) is 7.93. The second kappa shape index (κ2) is 9.16. The number of hydrogen-bond acceptors (Lipinski definition) is 4. The van der Waals surface area contributed by atoms with Crippen LogP contribution in [0.3, 0.4) is 0 Å². The number of aryl methyl sites for hydroxylation is 1. The second-order valence-corrected chi connectivity index (χ2v) is 10.3. The van der Waals surface area contributed by atoms with E-state index in [0.717, 1.165) is 63.2 Å². The summed E-state index contributed by atoms with van der Waals surface area (Å²) >= 11 is 0. The number of rotatable bonds is 7. The number of piperidine rings is 1. The molecule has 2 saturated heterocycles. The first-order valence-corrected chi connectivity index (χ1v) is 12.8. The summed E-state index contributed by atoms with van der Waals surface area (Å²) in [5.41, 5.74) is 3.53. The Kier molecular flexibility index (Phi) is 5.87. The number of nitrogens with one attached hydrogen (secondary N) is 1. The predicted octanol–water partition coefficient (Wildman–Crippen LogP) is 4.41. The summed E-state index contributed by atoms with van der Waals surface area (Å²) in [5.74, 6) is 1.55. The van der Waals surface area contributed by atoms with Crippen molar-refractivity contribution in [3.63, 3.8) is 0 Å². The lowest BCUT2D eigenvalue weighted by molar-refractivity contribution is -0.123. The van der Waals surface area contributed by atoms with Crippen LogP contribution in [-0.2, 0) is 9.53 Å². The number of amides is 1. The van der Waals surface area contributed by atoms with E-state index in [1.54, 1.807) is 0 Å². The summed E-state index contributed by atoms with van der Waals surface area (Å²) in [6.45, 7) is 4.66. The van der Waals surface area contributed by atoms with Gasteiger partial charge in [-0.15, -0.1) is 0 Å². The van der Waals surface area contributed by atoms with Crippen molar-refractivity contribution in [2.24, 2.45) is 5.92 Å². The summed E-state index contributed by atoms with van der Waals surface area (Å²) in [6.07, 6.45) is 5.13. The second-order valence-electron chi connectivity index (χ2n) is 10.3. The van der Waals surface area contributed by atoms with Crippen molar-refractivity contribution in [2.45, 2.75) is 63.2 Å². The maximum Gasteiger partial charge on any atom is 0.223 e. The first-order chi connectivity index (χ1) is 16.7. The molecule has 0 radical (unpaired) electrons. The number of morpholine rings is 1. The van der Waals surface area contributed by atoms with E-state index in [4.69, 9.17) is 9.72 Å². The highest BCUT2D eigenvalue weighted by molar-refractivity contribution is 5.81. The third-order valence-corrected chi connectivity index (χ3v) is 7.93. The molecule has 1 aliphatic carbocycles. The molecule has 3 aromatic rings.